The lowest BCUT2D eigenvalue weighted by Gasteiger charge is -2.30. The van der Waals surface area contributed by atoms with Crippen molar-refractivity contribution in [3.63, 3.8) is 0 Å². The number of fused-ring (bicyclic) bond motifs is 2. The van der Waals surface area contributed by atoms with Gasteiger partial charge < -0.3 is 19.3 Å². The summed E-state index contributed by atoms with van der Waals surface area (Å²) in [5.74, 6) is 2.15. The third-order valence-electron chi connectivity index (χ3n) is 3.81. The minimum absolute atomic E-state index is 0.208. The molecule has 0 amide bonds. The minimum atomic E-state index is -0.524. The highest BCUT2D eigenvalue weighted by atomic mass is 79.9. The number of rotatable bonds is 1. The van der Waals surface area contributed by atoms with Crippen LogP contribution in [0.25, 0.3) is 0 Å². The van der Waals surface area contributed by atoms with E-state index >= 15 is 0 Å². The van der Waals surface area contributed by atoms with Crippen LogP contribution >= 0.6 is 15.9 Å². The van der Waals surface area contributed by atoms with Crippen molar-refractivity contribution < 1.29 is 19.3 Å². The fourth-order valence-electron chi connectivity index (χ4n) is 2.77. The van der Waals surface area contributed by atoms with E-state index in [1.54, 1.807) is 0 Å². The van der Waals surface area contributed by atoms with Crippen LogP contribution in [0.4, 0.5) is 0 Å². The Labute approximate surface area is 130 Å². The van der Waals surface area contributed by atoms with Crippen LogP contribution in [0.2, 0.25) is 0 Å². The second kappa shape index (κ2) is 4.93. The van der Waals surface area contributed by atoms with E-state index in [1.807, 2.05) is 36.4 Å². The van der Waals surface area contributed by atoms with Gasteiger partial charge in [-0.2, -0.15) is 0 Å². The molecular formula is C16H13BrO4. The van der Waals surface area contributed by atoms with Crippen molar-refractivity contribution in [2.24, 2.45) is 0 Å². The Kier molecular flexibility index (Phi) is 3.05. The van der Waals surface area contributed by atoms with Gasteiger partial charge in [-0.05, 0) is 39.7 Å². The highest BCUT2D eigenvalue weighted by molar-refractivity contribution is 9.10. The predicted molar refractivity (Wildman–Crippen MR) is 79.7 cm³/mol. The van der Waals surface area contributed by atoms with Gasteiger partial charge in [0.05, 0.1) is 10.6 Å². The maximum absolute atomic E-state index is 10.3. The quantitative estimate of drug-likeness (QED) is 0.852. The summed E-state index contributed by atoms with van der Waals surface area (Å²) in [6, 6.07) is 11.5. The van der Waals surface area contributed by atoms with Gasteiger partial charge in [-0.15, -0.1) is 0 Å². The Hall–Kier alpha value is -1.72. The molecule has 0 aromatic heterocycles. The van der Waals surface area contributed by atoms with Gasteiger partial charge in [-0.1, -0.05) is 18.2 Å². The summed E-state index contributed by atoms with van der Waals surface area (Å²) in [6.45, 7) is 0.231. The summed E-state index contributed by atoms with van der Waals surface area (Å²) in [7, 11) is 0. The van der Waals surface area contributed by atoms with Crippen LogP contribution in [0.5, 0.6) is 17.2 Å². The molecule has 5 heteroatoms. The molecule has 4 nitrogen and oxygen atoms in total. The van der Waals surface area contributed by atoms with Crippen molar-refractivity contribution in [2.75, 3.05) is 6.79 Å². The van der Waals surface area contributed by atoms with Gasteiger partial charge in [0.2, 0.25) is 6.79 Å². The van der Waals surface area contributed by atoms with E-state index in [9.17, 15) is 5.11 Å². The lowest BCUT2D eigenvalue weighted by atomic mass is 9.95. The summed E-state index contributed by atoms with van der Waals surface area (Å²) in [4.78, 5) is 0. The summed E-state index contributed by atoms with van der Waals surface area (Å²) in [6.07, 6.45) is -0.215. The van der Waals surface area contributed by atoms with E-state index in [0.717, 1.165) is 27.1 Å². The van der Waals surface area contributed by atoms with Crippen LogP contribution in [0.1, 0.15) is 29.8 Å². The lowest BCUT2D eigenvalue weighted by molar-refractivity contribution is 0.0656. The normalized spacial score (nSPS) is 22.6. The molecule has 108 valence electrons. The number of hydrogen-bond donors (Lipinski definition) is 1. The Balaban J connectivity index is 1.71. The smallest absolute Gasteiger partial charge is 0.231 e. The van der Waals surface area contributed by atoms with Gasteiger partial charge in [0.15, 0.2) is 11.5 Å². The van der Waals surface area contributed by atoms with E-state index in [2.05, 4.69) is 15.9 Å². The SMILES string of the molecule is O[C@H]1CC(c2cc(Br)c3c(c2)OCO3)Oc2ccccc21. The molecule has 2 aromatic rings. The Bertz CT molecular complexity index is 701. The molecule has 0 radical (unpaired) electrons. The van der Waals surface area contributed by atoms with E-state index in [1.165, 1.54) is 0 Å². The molecule has 21 heavy (non-hydrogen) atoms. The van der Waals surface area contributed by atoms with Crippen molar-refractivity contribution >= 4 is 15.9 Å². The summed E-state index contributed by atoms with van der Waals surface area (Å²) in [5, 5.41) is 10.3. The molecule has 2 aliphatic rings. The number of aliphatic hydroxyl groups is 1. The van der Waals surface area contributed by atoms with Crippen LogP contribution in [0, 0.1) is 0 Å². The van der Waals surface area contributed by atoms with Crippen LogP contribution in [-0.4, -0.2) is 11.9 Å². The zero-order valence-electron chi connectivity index (χ0n) is 11.1. The zero-order valence-corrected chi connectivity index (χ0v) is 12.7. The molecule has 1 unspecified atom stereocenters. The molecule has 0 saturated heterocycles. The van der Waals surface area contributed by atoms with Crippen molar-refractivity contribution in [3.8, 4) is 17.2 Å². The van der Waals surface area contributed by atoms with Gasteiger partial charge in [0.1, 0.15) is 11.9 Å². The first-order chi connectivity index (χ1) is 10.2. The first-order valence-corrected chi connectivity index (χ1v) is 7.54. The van der Waals surface area contributed by atoms with Crippen LogP contribution in [0.15, 0.2) is 40.9 Å². The zero-order chi connectivity index (χ0) is 14.4. The van der Waals surface area contributed by atoms with Crippen molar-refractivity contribution in [1.82, 2.24) is 0 Å². The summed E-state index contributed by atoms with van der Waals surface area (Å²) in [5.41, 5.74) is 1.80. The maximum Gasteiger partial charge on any atom is 0.231 e. The largest absolute Gasteiger partial charge is 0.485 e. The first kappa shape index (κ1) is 13.0. The standard InChI is InChI=1S/C16H13BrO4/c17-11-5-9(6-15-16(11)20-8-19-15)14-7-12(18)10-3-1-2-4-13(10)21-14/h1-6,12,14,18H,7-8H2/t12-,14?/m0/s1. The molecule has 2 atom stereocenters. The number of aliphatic hydroxyl groups excluding tert-OH is 1. The Morgan fingerprint density at radius 3 is 2.86 bits per heavy atom. The third-order valence-corrected chi connectivity index (χ3v) is 4.39. The highest BCUT2D eigenvalue weighted by Crippen LogP contribution is 2.45. The average Bonchev–Trinajstić information content (AvgIpc) is 2.96. The van der Waals surface area contributed by atoms with Crippen molar-refractivity contribution in [1.29, 1.82) is 0 Å². The maximum atomic E-state index is 10.3. The fourth-order valence-corrected chi connectivity index (χ4v) is 3.35. The van der Waals surface area contributed by atoms with Gasteiger partial charge >= 0.3 is 0 Å². The number of halogens is 1. The minimum Gasteiger partial charge on any atom is -0.485 e. The molecule has 0 aliphatic carbocycles. The van der Waals surface area contributed by atoms with Crippen LogP contribution in [-0.2, 0) is 0 Å². The third kappa shape index (κ3) is 2.17. The number of benzene rings is 2. The van der Waals surface area contributed by atoms with E-state index in [0.29, 0.717) is 12.2 Å². The Morgan fingerprint density at radius 1 is 1.10 bits per heavy atom. The average molecular weight is 349 g/mol. The molecule has 0 bridgehead atoms. The second-order valence-electron chi connectivity index (χ2n) is 5.13. The van der Waals surface area contributed by atoms with E-state index < -0.39 is 6.10 Å². The van der Waals surface area contributed by atoms with Gasteiger partial charge in [-0.3, -0.25) is 0 Å². The Morgan fingerprint density at radius 2 is 1.95 bits per heavy atom. The van der Waals surface area contributed by atoms with Gasteiger partial charge in [-0.25, -0.2) is 0 Å². The van der Waals surface area contributed by atoms with Gasteiger partial charge in [0, 0.05) is 12.0 Å². The van der Waals surface area contributed by atoms with E-state index in [4.69, 9.17) is 14.2 Å². The molecule has 2 heterocycles. The molecule has 0 fully saturated rings. The molecule has 1 N–H and O–H groups in total. The monoisotopic (exact) mass is 348 g/mol. The predicted octanol–water partition coefficient (Wildman–Crippen LogP) is 3.74. The highest BCUT2D eigenvalue weighted by Gasteiger charge is 2.29. The number of para-hydroxylation sites is 1. The van der Waals surface area contributed by atoms with E-state index in [-0.39, 0.29) is 12.9 Å². The van der Waals surface area contributed by atoms with Gasteiger partial charge in [0.25, 0.3) is 0 Å². The number of hydrogen-bond acceptors (Lipinski definition) is 4. The van der Waals surface area contributed by atoms with Crippen molar-refractivity contribution in [2.45, 2.75) is 18.6 Å². The molecule has 0 spiro atoms. The summed E-state index contributed by atoms with van der Waals surface area (Å²) >= 11 is 3.49. The molecule has 2 aliphatic heterocycles. The first-order valence-electron chi connectivity index (χ1n) is 6.75. The van der Waals surface area contributed by atoms with Crippen molar-refractivity contribution in [3.05, 3.63) is 52.0 Å². The topological polar surface area (TPSA) is 47.9 Å². The molecular weight excluding hydrogens is 336 g/mol. The lowest BCUT2D eigenvalue weighted by Crippen LogP contribution is -2.18. The number of ether oxygens (including phenoxy) is 3. The van der Waals surface area contributed by atoms with Crippen LogP contribution in [0.3, 0.4) is 0 Å². The molecule has 4 rings (SSSR count). The summed E-state index contributed by atoms with van der Waals surface area (Å²) < 4.78 is 17.7. The molecule has 0 saturated carbocycles. The fraction of sp³-hybridized carbons (Fsp3) is 0.250. The molecule has 2 aromatic carbocycles. The second-order valence-corrected chi connectivity index (χ2v) is 5.99. The van der Waals surface area contributed by atoms with Crippen LogP contribution < -0.4 is 14.2 Å².